The van der Waals surface area contributed by atoms with Crippen molar-refractivity contribution in [2.45, 2.75) is 25.6 Å². The Labute approximate surface area is 123 Å². The lowest BCUT2D eigenvalue weighted by atomic mass is 9.96. The molecule has 21 heavy (non-hydrogen) atoms. The van der Waals surface area contributed by atoms with Crippen molar-refractivity contribution in [2.75, 3.05) is 13.1 Å². The Kier molecular flexibility index (Phi) is 4.74. The molecule has 0 radical (unpaired) electrons. The molecular formula is C12H13F3N4OS. The van der Waals surface area contributed by atoms with E-state index in [2.05, 4.69) is 10.0 Å². The highest BCUT2D eigenvalue weighted by Gasteiger charge is 2.41. The second kappa shape index (κ2) is 6.36. The van der Waals surface area contributed by atoms with Gasteiger partial charge in [-0.3, -0.25) is 4.79 Å². The summed E-state index contributed by atoms with van der Waals surface area (Å²) < 4.78 is 37.7. The molecule has 5 nitrogen and oxygen atoms in total. The minimum atomic E-state index is -4.18. The number of halogens is 3. The maximum atomic E-state index is 12.6. The number of azide groups is 1. The Morgan fingerprint density at radius 2 is 2.10 bits per heavy atom. The highest BCUT2D eigenvalue weighted by molar-refractivity contribution is 7.14. The van der Waals surface area contributed by atoms with E-state index in [0.29, 0.717) is 4.88 Å². The molecule has 0 aromatic carbocycles. The minimum Gasteiger partial charge on any atom is -0.338 e. The SMILES string of the molecule is [N-]=[N+]=NCc1ccc(C(=O)N2CCC(C(F)(F)F)CC2)s1. The average molecular weight is 318 g/mol. The van der Waals surface area contributed by atoms with Gasteiger partial charge in [-0.2, -0.15) is 13.2 Å². The highest BCUT2D eigenvalue weighted by atomic mass is 32.1. The van der Waals surface area contributed by atoms with Crippen LogP contribution in [0.25, 0.3) is 10.4 Å². The number of amides is 1. The molecule has 0 N–H and O–H groups in total. The highest BCUT2D eigenvalue weighted by Crippen LogP contribution is 2.34. The fourth-order valence-corrected chi connectivity index (χ4v) is 3.14. The zero-order chi connectivity index (χ0) is 15.5. The van der Waals surface area contributed by atoms with Crippen LogP contribution in [0.5, 0.6) is 0 Å². The number of likely N-dealkylation sites (tertiary alicyclic amines) is 1. The molecule has 9 heteroatoms. The van der Waals surface area contributed by atoms with Gasteiger partial charge in [0.15, 0.2) is 0 Å². The molecule has 0 saturated carbocycles. The standard InChI is InChI=1S/C12H13F3N4OS/c13-12(14,15)8-3-5-19(6-4-8)11(20)10-2-1-9(21-10)7-17-18-16/h1-2,8H,3-7H2. The number of rotatable bonds is 3. The van der Waals surface area contributed by atoms with E-state index in [-0.39, 0.29) is 38.4 Å². The predicted molar refractivity (Wildman–Crippen MR) is 71.9 cm³/mol. The van der Waals surface area contributed by atoms with Crippen LogP contribution in [0.3, 0.4) is 0 Å². The van der Waals surface area contributed by atoms with Crippen LogP contribution >= 0.6 is 11.3 Å². The van der Waals surface area contributed by atoms with Crippen LogP contribution < -0.4 is 0 Å². The van der Waals surface area contributed by atoms with Crippen molar-refractivity contribution in [2.24, 2.45) is 11.0 Å². The van der Waals surface area contributed by atoms with Gasteiger partial charge in [-0.1, -0.05) is 5.11 Å². The molecule has 2 rings (SSSR count). The average Bonchev–Trinajstić information content (AvgIpc) is 2.92. The second-order valence-electron chi connectivity index (χ2n) is 4.76. The van der Waals surface area contributed by atoms with E-state index in [1.54, 1.807) is 12.1 Å². The van der Waals surface area contributed by atoms with Gasteiger partial charge in [0.05, 0.1) is 17.3 Å². The van der Waals surface area contributed by atoms with Crippen LogP contribution in [0.2, 0.25) is 0 Å². The van der Waals surface area contributed by atoms with Crippen LogP contribution in [0.15, 0.2) is 17.2 Å². The van der Waals surface area contributed by atoms with E-state index in [9.17, 15) is 18.0 Å². The molecule has 1 aliphatic heterocycles. The van der Waals surface area contributed by atoms with Crippen molar-refractivity contribution >= 4 is 17.2 Å². The first-order chi connectivity index (χ1) is 9.91. The lowest BCUT2D eigenvalue weighted by molar-refractivity contribution is -0.183. The predicted octanol–water partition coefficient (Wildman–Crippen LogP) is 3.97. The normalized spacial score (nSPS) is 16.6. The molecule has 0 aliphatic carbocycles. The number of hydrogen-bond acceptors (Lipinski definition) is 3. The topological polar surface area (TPSA) is 69.1 Å². The van der Waals surface area contributed by atoms with Crippen molar-refractivity contribution in [3.63, 3.8) is 0 Å². The number of hydrogen-bond donors (Lipinski definition) is 0. The summed E-state index contributed by atoms with van der Waals surface area (Å²) in [5.74, 6) is -1.57. The molecule has 2 heterocycles. The van der Waals surface area contributed by atoms with Crippen LogP contribution in [-0.2, 0) is 6.54 Å². The molecule has 1 fully saturated rings. The first kappa shape index (κ1) is 15.7. The summed E-state index contributed by atoms with van der Waals surface area (Å²) in [7, 11) is 0. The smallest absolute Gasteiger partial charge is 0.338 e. The van der Waals surface area contributed by atoms with Gasteiger partial charge in [0.2, 0.25) is 0 Å². The van der Waals surface area contributed by atoms with Gasteiger partial charge in [-0.15, -0.1) is 11.3 Å². The summed E-state index contributed by atoms with van der Waals surface area (Å²) in [6.07, 6.45) is -4.28. The zero-order valence-corrected chi connectivity index (χ0v) is 11.8. The Morgan fingerprint density at radius 1 is 1.43 bits per heavy atom. The van der Waals surface area contributed by atoms with E-state index in [1.807, 2.05) is 0 Å². The molecule has 114 valence electrons. The summed E-state index contributed by atoms with van der Waals surface area (Å²) in [5.41, 5.74) is 8.23. The summed E-state index contributed by atoms with van der Waals surface area (Å²) in [6.45, 7) is 0.407. The molecular weight excluding hydrogens is 305 g/mol. The van der Waals surface area contributed by atoms with Crippen LogP contribution in [0, 0.1) is 5.92 Å². The summed E-state index contributed by atoms with van der Waals surface area (Å²) >= 11 is 1.20. The first-order valence-corrected chi connectivity index (χ1v) is 7.19. The van der Waals surface area contributed by atoms with Gasteiger partial charge >= 0.3 is 6.18 Å². The first-order valence-electron chi connectivity index (χ1n) is 6.37. The number of carbonyl (C=O) groups excluding carboxylic acids is 1. The summed E-state index contributed by atoms with van der Waals surface area (Å²) in [4.78, 5) is 17.5. The van der Waals surface area contributed by atoms with E-state index in [1.165, 1.54) is 16.2 Å². The Balaban J connectivity index is 1.95. The molecule has 0 bridgehead atoms. The van der Waals surface area contributed by atoms with E-state index in [4.69, 9.17) is 5.53 Å². The van der Waals surface area contributed by atoms with Crippen molar-refractivity contribution in [3.8, 4) is 0 Å². The Hall–Kier alpha value is -1.73. The molecule has 1 amide bonds. The van der Waals surface area contributed by atoms with Gasteiger partial charge < -0.3 is 4.90 Å². The molecule has 1 saturated heterocycles. The lowest BCUT2D eigenvalue weighted by Gasteiger charge is -2.32. The third-order valence-electron chi connectivity index (χ3n) is 3.41. The Morgan fingerprint density at radius 3 is 2.67 bits per heavy atom. The van der Waals surface area contributed by atoms with Gasteiger partial charge in [0, 0.05) is 22.9 Å². The number of carbonyl (C=O) groups is 1. The monoisotopic (exact) mass is 318 g/mol. The van der Waals surface area contributed by atoms with Crippen molar-refractivity contribution in [1.82, 2.24) is 4.90 Å². The van der Waals surface area contributed by atoms with Crippen LogP contribution in [0.1, 0.15) is 27.4 Å². The number of thiophene rings is 1. The second-order valence-corrected chi connectivity index (χ2v) is 5.93. The Bertz CT molecular complexity index is 557. The molecule has 0 unspecified atom stereocenters. The summed E-state index contributed by atoms with van der Waals surface area (Å²) in [5, 5.41) is 3.41. The van der Waals surface area contributed by atoms with Crippen LogP contribution in [-0.4, -0.2) is 30.1 Å². The largest absolute Gasteiger partial charge is 0.391 e. The quantitative estimate of drug-likeness (QED) is 0.472. The van der Waals surface area contributed by atoms with Gasteiger partial charge in [0.1, 0.15) is 0 Å². The molecule has 1 aromatic heterocycles. The maximum absolute atomic E-state index is 12.6. The third kappa shape index (κ3) is 3.89. The van der Waals surface area contributed by atoms with Crippen LogP contribution in [0.4, 0.5) is 13.2 Å². The summed E-state index contributed by atoms with van der Waals surface area (Å²) in [6, 6.07) is 3.31. The van der Waals surface area contributed by atoms with Gasteiger partial charge in [0.25, 0.3) is 5.91 Å². The minimum absolute atomic E-state index is 0.0494. The zero-order valence-electron chi connectivity index (χ0n) is 11.0. The van der Waals surface area contributed by atoms with E-state index in [0.717, 1.165) is 4.88 Å². The van der Waals surface area contributed by atoms with Crippen molar-refractivity contribution in [1.29, 1.82) is 0 Å². The lowest BCUT2D eigenvalue weighted by Crippen LogP contribution is -2.41. The molecule has 0 atom stereocenters. The fraction of sp³-hybridized carbons (Fsp3) is 0.583. The van der Waals surface area contributed by atoms with Crippen molar-refractivity contribution in [3.05, 3.63) is 32.3 Å². The van der Waals surface area contributed by atoms with Gasteiger partial charge in [-0.25, -0.2) is 0 Å². The van der Waals surface area contributed by atoms with Gasteiger partial charge in [-0.05, 0) is 30.5 Å². The molecule has 0 spiro atoms. The van der Waals surface area contributed by atoms with Crippen molar-refractivity contribution < 1.29 is 18.0 Å². The number of nitrogens with zero attached hydrogens (tertiary/aromatic N) is 4. The van der Waals surface area contributed by atoms with E-state index < -0.39 is 12.1 Å². The third-order valence-corrected chi connectivity index (χ3v) is 4.47. The molecule has 1 aromatic rings. The molecule has 1 aliphatic rings. The fourth-order valence-electron chi connectivity index (χ4n) is 2.24. The van der Waals surface area contributed by atoms with E-state index >= 15 is 0 Å². The number of alkyl halides is 3. The number of piperidine rings is 1. The maximum Gasteiger partial charge on any atom is 0.391 e.